The minimum absolute atomic E-state index is 0.0748. The van der Waals surface area contributed by atoms with E-state index >= 15 is 0 Å². The van der Waals surface area contributed by atoms with Crippen molar-refractivity contribution in [3.63, 3.8) is 0 Å². The van der Waals surface area contributed by atoms with Crippen LogP contribution in [0.15, 0.2) is 47.4 Å². The maximum atomic E-state index is 13.0. The summed E-state index contributed by atoms with van der Waals surface area (Å²) < 4.78 is 0. The molecule has 138 valence electrons. The van der Waals surface area contributed by atoms with E-state index in [1.54, 1.807) is 11.8 Å². The summed E-state index contributed by atoms with van der Waals surface area (Å²) in [5.41, 5.74) is 5.34. The Labute approximate surface area is 162 Å². The van der Waals surface area contributed by atoms with Crippen LogP contribution in [-0.4, -0.2) is 22.6 Å². The average molecular weight is 368 g/mol. The van der Waals surface area contributed by atoms with Crippen LogP contribution in [0.1, 0.15) is 49.9 Å². The number of carbonyl (C=O) groups is 1. The minimum atomic E-state index is -0.0748. The van der Waals surface area contributed by atoms with E-state index in [0.717, 1.165) is 19.5 Å². The molecule has 0 saturated heterocycles. The van der Waals surface area contributed by atoms with Crippen molar-refractivity contribution in [2.75, 3.05) is 6.54 Å². The highest BCUT2D eigenvalue weighted by Crippen LogP contribution is 2.33. The standard InChI is InChI=1S/C23H29NOS/c1-16-10-11-20(23(3,4)5)14-21(16)26-17(2)22(25)24-13-12-18-8-6-7-9-19(18)15-24/h6-11,14,17H,12-13,15H2,1-5H3. The lowest BCUT2D eigenvalue weighted by Crippen LogP contribution is -2.40. The number of carbonyl (C=O) groups excluding carboxylic acids is 1. The molecule has 1 atom stereocenters. The van der Waals surface area contributed by atoms with Crippen molar-refractivity contribution >= 4 is 17.7 Å². The molecule has 2 aromatic carbocycles. The van der Waals surface area contributed by atoms with Gasteiger partial charge in [-0.1, -0.05) is 57.2 Å². The lowest BCUT2D eigenvalue weighted by Gasteiger charge is -2.31. The van der Waals surface area contributed by atoms with E-state index in [-0.39, 0.29) is 16.6 Å². The van der Waals surface area contributed by atoms with E-state index in [9.17, 15) is 4.79 Å². The Hall–Kier alpha value is -1.74. The van der Waals surface area contributed by atoms with Gasteiger partial charge in [0.15, 0.2) is 0 Å². The lowest BCUT2D eigenvalue weighted by atomic mass is 9.87. The molecule has 3 heteroatoms. The Bertz CT molecular complexity index is 806. The summed E-state index contributed by atoms with van der Waals surface area (Å²) >= 11 is 1.69. The monoisotopic (exact) mass is 367 g/mol. The van der Waals surface area contributed by atoms with Crippen LogP contribution in [0.25, 0.3) is 0 Å². The number of benzene rings is 2. The van der Waals surface area contributed by atoms with E-state index in [1.807, 2.05) is 11.8 Å². The molecule has 0 saturated carbocycles. The zero-order chi connectivity index (χ0) is 18.9. The van der Waals surface area contributed by atoms with Gasteiger partial charge in [0.05, 0.1) is 5.25 Å². The second-order valence-corrected chi connectivity index (χ2v) is 9.65. The molecule has 1 unspecified atom stereocenters. The van der Waals surface area contributed by atoms with Gasteiger partial charge in [0.2, 0.25) is 5.91 Å². The maximum absolute atomic E-state index is 13.0. The lowest BCUT2D eigenvalue weighted by molar-refractivity contribution is -0.131. The molecule has 3 rings (SSSR count). The van der Waals surface area contributed by atoms with E-state index in [4.69, 9.17) is 0 Å². The topological polar surface area (TPSA) is 20.3 Å². The Kier molecular flexibility index (Phi) is 5.47. The summed E-state index contributed by atoms with van der Waals surface area (Å²) in [4.78, 5) is 16.2. The zero-order valence-corrected chi connectivity index (χ0v) is 17.3. The third kappa shape index (κ3) is 4.15. The molecular formula is C23H29NOS. The number of nitrogens with zero attached hydrogens (tertiary/aromatic N) is 1. The third-order valence-electron chi connectivity index (χ3n) is 5.15. The third-order valence-corrected chi connectivity index (χ3v) is 6.40. The summed E-state index contributed by atoms with van der Waals surface area (Å²) in [6.45, 7) is 12.4. The summed E-state index contributed by atoms with van der Waals surface area (Å²) in [6, 6.07) is 15.1. The smallest absolute Gasteiger partial charge is 0.236 e. The highest BCUT2D eigenvalue weighted by Gasteiger charge is 2.26. The van der Waals surface area contributed by atoms with E-state index in [2.05, 4.69) is 70.2 Å². The van der Waals surface area contributed by atoms with Crippen LogP contribution in [0.3, 0.4) is 0 Å². The molecule has 2 nitrogen and oxygen atoms in total. The van der Waals surface area contributed by atoms with Gasteiger partial charge in [-0.15, -0.1) is 11.8 Å². The van der Waals surface area contributed by atoms with E-state index in [1.165, 1.54) is 27.1 Å². The predicted molar refractivity (Wildman–Crippen MR) is 111 cm³/mol. The Morgan fingerprint density at radius 3 is 2.50 bits per heavy atom. The molecular weight excluding hydrogens is 338 g/mol. The Balaban J connectivity index is 1.72. The number of amides is 1. The largest absolute Gasteiger partial charge is 0.337 e. The molecule has 1 amide bonds. The first-order valence-corrected chi connectivity index (χ1v) is 10.3. The van der Waals surface area contributed by atoms with Crippen LogP contribution < -0.4 is 0 Å². The van der Waals surface area contributed by atoms with Gasteiger partial charge in [-0.3, -0.25) is 4.79 Å². The average Bonchev–Trinajstić information content (AvgIpc) is 2.61. The number of aryl methyl sites for hydroxylation is 1. The molecule has 0 bridgehead atoms. The normalized spacial score (nSPS) is 15.5. The van der Waals surface area contributed by atoms with Crippen molar-refractivity contribution in [3.05, 3.63) is 64.7 Å². The molecule has 0 spiro atoms. The van der Waals surface area contributed by atoms with Gasteiger partial charge in [0.1, 0.15) is 0 Å². The molecule has 26 heavy (non-hydrogen) atoms. The summed E-state index contributed by atoms with van der Waals surface area (Å²) in [6.07, 6.45) is 0.956. The van der Waals surface area contributed by atoms with Gasteiger partial charge < -0.3 is 4.90 Å². The number of thioether (sulfide) groups is 1. The summed E-state index contributed by atoms with van der Waals surface area (Å²) in [5, 5.41) is -0.0748. The first-order chi connectivity index (χ1) is 12.3. The van der Waals surface area contributed by atoms with Crippen molar-refractivity contribution in [3.8, 4) is 0 Å². The van der Waals surface area contributed by atoms with Crippen LogP contribution >= 0.6 is 11.8 Å². The van der Waals surface area contributed by atoms with E-state index in [0.29, 0.717) is 0 Å². The molecule has 1 heterocycles. The van der Waals surface area contributed by atoms with Crippen molar-refractivity contribution < 1.29 is 4.79 Å². The molecule has 0 aromatic heterocycles. The van der Waals surface area contributed by atoms with Gasteiger partial charge >= 0.3 is 0 Å². The van der Waals surface area contributed by atoms with Crippen molar-refractivity contribution in [1.82, 2.24) is 4.90 Å². The number of hydrogen-bond donors (Lipinski definition) is 0. The molecule has 2 aromatic rings. The molecule has 0 aliphatic carbocycles. The van der Waals surface area contributed by atoms with Crippen LogP contribution in [-0.2, 0) is 23.2 Å². The molecule has 0 N–H and O–H groups in total. The Morgan fingerprint density at radius 1 is 1.12 bits per heavy atom. The highest BCUT2D eigenvalue weighted by atomic mass is 32.2. The fourth-order valence-electron chi connectivity index (χ4n) is 3.38. The fraction of sp³-hybridized carbons (Fsp3) is 0.435. The van der Waals surface area contributed by atoms with Crippen molar-refractivity contribution in [1.29, 1.82) is 0 Å². The van der Waals surface area contributed by atoms with Crippen LogP contribution in [0, 0.1) is 6.92 Å². The van der Waals surface area contributed by atoms with Gasteiger partial charge in [-0.2, -0.15) is 0 Å². The van der Waals surface area contributed by atoms with Crippen molar-refractivity contribution in [2.45, 2.75) is 63.1 Å². The second-order valence-electron chi connectivity index (χ2n) is 8.27. The number of hydrogen-bond acceptors (Lipinski definition) is 2. The first-order valence-electron chi connectivity index (χ1n) is 9.39. The SMILES string of the molecule is Cc1ccc(C(C)(C)C)cc1SC(C)C(=O)N1CCc2ccccc2C1. The molecule has 0 radical (unpaired) electrons. The minimum Gasteiger partial charge on any atom is -0.337 e. The van der Waals surface area contributed by atoms with Crippen molar-refractivity contribution in [2.24, 2.45) is 0 Å². The maximum Gasteiger partial charge on any atom is 0.236 e. The second kappa shape index (κ2) is 7.48. The van der Waals surface area contributed by atoms with Gasteiger partial charge in [-0.25, -0.2) is 0 Å². The van der Waals surface area contributed by atoms with Crippen LogP contribution in [0.4, 0.5) is 0 Å². The van der Waals surface area contributed by atoms with Crippen LogP contribution in [0.2, 0.25) is 0 Å². The zero-order valence-electron chi connectivity index (χ0n) is 16.5. The molecule has 1 aliphatic heterocycles. The summed E-state index contributed by atoms with van der Waals surface area (Å²) in [5.74, 6) is 0.241. The fourth-order valence-corrected chi connectivity index (χ4v) is 4.46. The number of rotatable bonds is 3. The van der Waals surface area contributed by atoms with Gasteiger partial charge in [-0.05, 0) is 54.0 Å². The molecule has 0 fully saturated rings. The van der Waals surface area contributed by atoms with Gasteiger partial charge in [0, 0.05) is 18.0 Å². The van der Waals surface area contributed by atoms with Crippen LogP contribution in [0.5, 0.6) is 0 Å². The van der Waals surface area contributed by atoms with Gasteiger partial charge in [0.25, 0.3) is 0 Å². The first kappa shape index (κ1) is 19.0. The summed E-state index contributed by atoms with van der Waals surface area (Å²) in [7, 11) is 0. The quantitative estimate of drug-likeness (QED) is 0.681. The molecule has 1 aliphatic rings. The highest BCUT2D eigenvalue weighted by molar-refractivity contribution is 8.00. The number of fused-ring (bicyclic) bond motifs is 1. The Morgan fingerprint density at radius 2 is 1.81 bits per heavy atom. The van der Waals surface area contributed by atoms with E-state index < -0.39 is 0 Å². The predicted octanol–water partition coefficient (Wildman–Crippen LogP) is 5.36.